The molecule has 1 saturated heterocycles. The minimum Gasteiger partial charge on any atom is -0.315 e. The summed E-state index contributed by atoms with van der Waals surface area (Å²) in [6, 6.07) is 7.02. The van der Waals surface area contributed by atoms with Gasteiger partial charge in [0, 0.05) is 13.1 Å². The number of nitrogens with one attached hydrogen (secondary N) is 1. The fourth-order valence-corrected chi connectivity index (χ4v) is 3.03. The fraction of sp³-hybridized carbons (Fsp3) is 0.684. The zero-order valence-corrected chi connectivity index (χ0v) is 14.3. The first-order chi connectivity index (χ1) is 9.97. The second-order valence-electron chi connectivity index (χ2n) is 7.44. The standard InChI is InChI=1S/C19H32N2/c1-16-8-9-18(19(2,3)4)15-17(16)7-5-12-21-13-6-10-20-11-14-21/h8-9,15,20H,5-7,10-14H2,1-4H3. The molecule has 0 amide bonds. The summed E-state index contributed by atoms with van der Waals surface area (Å²) < 4.78 is 0. The third kappa shape index (κ3) is 5.12. The lowest BCUT2D eigenvalue weighted by atomic mass is 9.85. The highest BCUT2D eigenvalue weighted by atomic mass is 15.1. The normalized spacial score (nSPS) is 17.7. The molecule has 2 heteroatoms. The van der Waals surface area contributed by atoms with Crippen LogP contribution in [0.2, 0.25) is 0 Å². The van der Waals surface area contributed by atoms with Crippen LogP contribution in [0.5, 0.6) is 0 Å². The number of hydrogen-bond donors (Lipinski definition) is 1. The van der Waals surface area contributed by atoms with Gasteiger partial charge in [-0.25, -0.2) is 0 Å². The molecule has 0 atom stereocenters. The monoisotopic (exact) mass is 288 g/mol. The molecule has 1 aliphatic heterocycles. The highest BCUT2D eigenvalue weighted by molar-refractivity contribution is 5.34. The maximum absolute atomic E-state index is 3.48. The summed E-state index contributed by atoms with van der Waals surface area (Å²) in [5, 5.41) is 3.48. The Bertz CT molecular complexity index is 437. The van der Waals surface area contributed by atoms with E-state index in [0.29, 0.717) is 0 Å². The molecule has 21 heavy (non-hydrogen) atoms. The molecule has 2 nitrogen and oxygen atoms in total. The van der Waals surface area contributed by atoms with Crippen LogP contribution in [0.1, 0.15) is 50.3 Å². The van der Waals surface area contributed by atoms with Crippen molar-refractivity contribution in [1.82, 2.24) is 10.2 Å². The molecule has 0 spiro atoms. The third-order valence-electron chi connectivity index (χ3n) is 4.57. The van der Waals surface area contributed by atoms with Crippen molar-refractivity contribution in [3.63, 3.8) is 0 Å². The number of hydrogen-bond acceptors (Lipinski definition) is 2. The molecular weight excluding hydrogens is 256 g/mol. The van der Waals surface area contributed by atoms with Gasteiger partial charge in [0.2, 0.25) is 0 Å². The van der Waals surface area contributed by atoms with Gasteiger partial charge in [-0.2, -0.15) is 0 Å². The average Bonchev–Trinajstić information content (AvgIpc) is 2.68. The molecule has 0 aliphatic carbocycles. The summed E-state index contributed by atoms with van der Waals surface area (Å²) in [5.41, 5.74) is 4.69. The molecule has 0 bridgehead atoms. The van der Waals surface area contributed by atoms with Gasteiger partial charge in [-0.15, -0.1) is 0 Å². The minimum absolute atomic E-state index is 0.249. The second kappa shape index (κ2) is 7.42. The summed E-state index contributed by atoms with van der Waals surface area (Å²) in [4.78, 5) is 2.61. The van der Waals surface area contributed by atoms with E-state index in [-0.39, 0.29) is 5.41 Å². The van der Waals surface area contributed by atoms with Crippen LogP contribution < -0.4 is 5.32 Å². The van der Waals surface area contributed by atoms with Crippen LogP contribution in [0.4, 0.5) is 0 Å². The molecule has 1 heterocycles. The van der Waals surface area contributed by atoms with E-state index in [9.17, 15) is 0 Å². The maximum atomic E-state index is 3.48. The van der Waals surface area contributed by atoms with Crippen molar-refractivity contribution in [1.29, 1.82) is 0 Å². The largest absolute Gasteiger partial charge is 0.315 e. The summed E-state index contributed by atoms with van der Waals surface area (Å²) >= 11 is 0. The summed E-state index contributed by atoms with van der Waals surface area (Å²) in [5.74, 6) is 0. The van der Waals surface area contributed by atoms with E-state index in [1.165, 1.54) is 62.1 Å². The van der Waals surface area contributed by atoms with E-state index in [4.69, 9.17) is 0 Å². The van der Waals surface area contributed by atoms with E-state index < -0.39 is 0 Å². The Morgan fingerprint density at radius 1 is 1.14 bits per heavy atom. The Morgan fingerprint density at radius 3 is 2.71 bits per heavy atom. The van der Waals surface area contributed by atoms with Gasteiger partial charge < -0.3 is 10.2 Å². The Morgan fingerprint density at radius 2 is 1.95 bits per heavy atom. The lowest BCUT2D eigenvalue weighted by molar-refractivity contribution is 0.289. The molecular formula is C19H32N2. The zero-order valence-electron chi connectivity index (χ0n) is 14.3. The van der Waals surface area contributed by atoms with Crippen LogP contribution in [-0.4, -0.2) is 37.6 Å². The SMILES string of the molecule is Cc1ccc(C(C)(C)C)cc1CCCN1CCCNCC1. The van der Waals surface area contributed by atoms with Gasteiger partial charge >= 0.3 is 0 Å². The topological polar surface area (TPSA) is 15.3 Å². The predicted molar refractivity (Wildman–Crippen MR) is 92.1 cm³/mol. The van der Waals surface area contributed by atoms with Gasteiger partial charge in [0.15, 0.2) is 0 Å². The lowest BCUT2D eigenvalue weighted by Crippen LogP contribution is -2.29. The lowest BCUT2D eigenvalue weighted by Gasteiger charge is -2.22. The van der Waals surface area contributed by atoms with E-state index in [1.807, 2.05) is 0 Å². The summed E-state index contributed by atoms with van der Waals surface area (Å²) in [6.45, 7) is 15.2. The van der Waals surface area contributed by atoms with Crippen molar-refractivity contribution < 1.29 is 0 Å². The highest BCUT2D eigenvalue weighted by Crippen LogP contribution is 2.25. The van der Waals surface area contributed by atoms with E-state index in [2.05, 4.69) is 56.1 Å². The van der Waals surface area contributed by atoms with Gasteiger partial charge in [-0.3, -0.25) is 0 Å². The fourth-order valence-electron chi connectivity index (χ4n) is 3.03. The Kier molecular flexibility index (Phi) is 5.83. The number of rotatable bonds is 4. The first-order valence-corrected chi connectivity index (χ1v) is 8.50. The highest BCUT2D eigenvalue weighted by Gasteiger charge is 2.15. The van der Waals surface area contributed by atoms with Crippen molar-refractivity contribution in [2.24, 2.45) is 0 Å². The number of benzene rings is 1. The molecule has 0 saturated carbocycles. The van der Waals surface area contributed by atoms with Gasteiger partial charge in [0.05, 0.1) is 0 Å². The van der Waals surface area contributed by atoms with Crippen molar-refractivity contribution in [3.05, 3.63) is 34.9 Å². The Hall–Kier alpha value is -0.860. The van der Waals surface area contributed by atoms with Crippen molar-refractivity contribution in [3.8, 4) is 0 Å². The average molecular weight is 288 g/mol. The van der Waals surface area contributed by atoms with Crippen LogP contribution in [0.25, 0.3) is 0 Å². The quantitative estimate of drug-likeness (QED) is 0.912. The van der Waals surface area contributed by atoms with Crippen molar-refractivity contribution in [2.45, 2.75) is 52.4 Å². The molecule has 2 rings (SSSR count). The van der Waals surface area contributed by atoms with Crippen LogP contribution in [0, 0.1) is 6.92 Å². The minimum atomic E-state index is 0.249. The number of nitrogens with zero attached hydrogens (tertiary/aromatic N) is 1. The molecule has 1 N–H and O–H groups in total. The van der Waals surface area contributed by atoms with Gasteiger partial charge in [0.1, 0.15) is 0 Å². The van der Waals surface area contributed by atoms with Crippen molar-refractivity contribution >= 4 is 0 Å². The molecule has 1 aromatic rings. The predicted octanol–water partition coefficient (Wildman–Crippen LogP) is 3.52. The van der Waals surface area contributed by atoms with E-state index in [0.717, 1.165) is 6.54 Å². The summed E-state index contributed by atoms with van der Waals surface area (Å²) in [6.07, 6.45) is 3.77. The third-order valence-corrected chi connectivity index (χ3v) is 4.57. The molecule has 1 aromatic carbocycles. The number of aryl methyl sites for hydroxylation is 2. The molecule has 118 valence electrons. The first-order valence-electron chi connectivity index (χ1n) is 8.50. The van der Waals surface area contributed by atoms with Crippen molar-refractivity contribution in [2.75, 3.05) is 32.7 Å². The van der Waals surface area contributed by atoms with E-state index >= 15 is 0 Å². The zero-order chi connectivity index (χ0) is 15.3. The molecule has 1 aliphatic rings. The first kappa shape index (κ1) is 16.5. The molecule has 1 fully saturated rings. The van der Waals surface area contributed by atoms with Gasteiger partial charge in [-0.05, 0) is 67.9 Å². The molecule has 0 aromatic heterocycles. The second-order valence-corrected chi connectivity index (χ2v) is 7.44. The van der Waals surface area contributed by atoms with Crippen LogP contribution >= 0.6 is 0 Å². The van der Waals surface area contributed by atoms with E-state index in [1.54, 1.807) is 0 Å². The van der Waals surface area contributed by atoms with Crippen LogP contribution in [-0.2, 0) is 11.8 Å². The Balaban J connectivity index is 1.90. The maximum Gasteiger partial charge on any atom is 0.0107 e. The van der Waals surface area contributed by atoms with Crippen LogP contribution in [0.3, 0.4) is 0 Å². The summed E-state index contributed by atoms with van der Waals surface area (Å²) in [7, 11) is 0. The molecule has 0 radical (unpaired) electrons. The van der Waals surface area contributed by atoms with Crippen LogP contribution in [0.15, 0.2) is 18.2 Å². The van der Waals surface area contributed by atoms with Gasteiger partial charge in [0.25, 0.3) is 0 Å². The molecule has 0 unspecified atom stereocenters. The smallest absolute Gasteiger partial charge is 0.0107 e. The Labute approximate surface area is 130 Å². The van der Waals surface area contributed by atoms with Gasteiger partial charge in [-0.1, -0.05) is 39.0 Å².